The molecule has 1 saturated heterocycles. The van der Waals surface area contributed by atoms with Crippen LogP contribution in [0, 0.1) is 0 Å². The van der Waals surface area contributed by atoms with Gasteiger partial charge in [0.25, 0.3) is 0 Å². The van der Waals surface area contributed by atoms with E-state index in [-0.39, 0.29) is 0 Å². The lowest BCUT2D eigenvalue weighted by Gasteiger charge is -2.28. The summed E-state index contributed by atoms with van der Waals surface area (Å²) in [5.41, 5.74) is 5.93. The van der Waals surface area contributed by atoms with Crippen LogP contribution in [0.5, 0.6) is 0 Å². The Bertz CT molecular complexity index is 882. The van der Waals surface area contributed by atoms with Crippen LogP contribution < -0.4 is 4.90 Å². The summed E-state index contributed by atoms with van der Waals surface area (Å²) in [6.45, 7) is 3.53. The number of nitrogens with zero attached hydrogens (tertiary/aromatic N) is 2. The smallest absolute Gasteiger partial charge is 0.0665 e. The van der Waals surface area contributed by atoms with E-state index in [9.17, 15) is 0 Å². The summed E-state index contributed by atoms with van der Waals surface area (Å²) in [6, 6.07) is 27.5. The lowest BCUT2D eigenvalue weighted by molar-refractivity contribution is 0.122. The Morgan fingerprint density at radius 2 is 1.52 bits per heavy atom. The molecular weight excluding hydrogens is 332 g/mol. The molecule has 1 aliphatic heterocycles. The van der Waals surface area contributed by atoms with E-state index in [1.807, 2.05) is 18.3 Å². The lowest BCUT2D eigenvalue weighted by atomic mass is 10.0. The van der Waals surface area contributed by atoms with Gasteiger partial charge >= 0.3 is 0 Å². The van der Waals surface area contributed by atoms with Crippen LogP contribution in [0.1, 0.15) is 16.7 Å². The molecule has 3 nitrogen and oxygen atoms in total. The summed E-state index contributed by atoms with van der Waals surface area (Å²) in [4.78, 5) is 7.12. The van der Waals surface area contributed by atoms with Crippen molar-refractivity contribution >= 4 is 17.6 Å². The molecule has 3 aromatic rings. The fourth-order valence-electron chi connectivity index (χ4n) is 3.34. The standard InChI is InChI=1S/C24H24N2O/c1-2-6-20(7-3-1)18-22-8-4-5-9-24(22)25-19-21-10-12-23(13-11-21)26-14-16-27-17-15-26/h1-13,19H,14-18H2. The highest BCUT2D eigenvalue weighted by Crippen LogP contribution is 2.22. The molecule has 0 amide bonds. The van der Waals surface area contributed by atoms with Crippen LogP contribution in [0.2, 0.25) is 0 Å². The zero-order chi connectivity index (χ0) is 18.3. The van der Waals surface area contributed by atoms with Gasteiger partial charge in [-0.2, -0.15) is 0 Å². The molecule has 3 aromatic carbocycles. The van der Waals surface area contributed by atoms with Crippen molar-refractivity contribution < 1.29 is 4.74 Å². The van der Waals surface area contributed by atoms with E-state index in [1.54, 1.807) is 0 Å². The van der Waals surface area contributed by atoms with Gasteiger partial charge in [0, 0.05) is 25.0 Å². The summed E-state index contributed by atoms with van der Waals surface area (Å²) >= 11 is 0. The predicted octanol–water partition coefficient (Wildman–Crippen LogP) is 4.86. The van der Waals surface area contributed by atoms with Crippen molar-refractivity contribution in [1.29, 1.82) is 0 Å². The van der Waals surface area contributed by atoms with Gasteiger partial charge in [-0.25, -0.2) is 0 Å². The molecule has 0 aliphatic carbocycles. The van der Waals surface area contributed by atoms with E-state index in [0.29, 0.717) is 0 Å². The van der Waals surface area contributed by atoms with Crippen molar-refractivity contribution in [3.05, 3.63) is 95.6 Å². The van der Waals surface area contributed by atoms with Crippen LogP contribution >= 0.6 is 0 Å². The Labute approximate surface area is 160 Å². The number of morpholine rings is 1. The molecule has 0 unspecified atom stereocenters. The van der Waals surface area contributed by atoms with Gasteiger partial charge in [0.15, 0.2) is 0 Å². The van der Waals surface area contributed by atoms with E-state index in [0.717, 1.165) is 44.0 Å². The highest BCUT2D eigenvalue weighted by molar-refractivity contribution is 5.83. The van der Waals surface area contributed by atoms with E-state index >= 15 is 0 Å². The number of anilines is 1. The molecule has 1 fully saturated rings. The molecule has 3 heteroatoms. The van der Waals surface area contributed by atoms with E-state index in [4.69, 9.17) is 9.73 Å². The quantitative estimate of drug-likeness (QED) is 0.610. The minimum absolute atomic E-state index is 0.807. The maximum absolute atomic E-state index is 5.42. The van der Waals surface area contributed by atoms with Gasteiger partial charge in [-0.15, -0.1) is 0 Å². The van der Waals surface area contributed by atoms with Crippen molar-refractivity contribution in [3.63, 3.8) is 0 Å². The van der Waals surface area contributed by atoms with Crippen LogP contribution in [0.4, 0.5) is 11.4 Å². The third-order valence-corrected chi connectivity index (χ3v) is 4.85. The van der Waals surface area contributed by atoms with Crippen molar-refractivity contribution in [1.82, 2.24) is 0 Å². The number of aliphatic imine (C=N–C) groups is 1. The molecule has 0 aromatic heterocycles. The van der Waals surface area contributed by atoms with Gasteiger partial charge in [-0.05, 0) is 41.3 Å². The number of para-hydroxylation sites is 1. The second-order valence-electron chi connectivity index (χ2n) is 6.74. The fourth-order valence-corrected chi connectivity index (χ4v) is 3.34. The van der Waals surface area contributed by atoms with Crippen molar-refractivity contribution in [3.8, 4) is 0 Å². The van der Waals surface area contributed by atoms with Crippen LogP contribution in [0.3, 0.4) is 0 Å². The van der Waals surface area contributed by atoms with Gasteiger partial charge in [-0.3, -0.25) is 4.99 Å². The third-order valence-electron chi connectivity index (χ3n) is 4.85. The summed E-state index contributed by atoms with van der Waals surface area (Å²) < 4.78 is 5.42. The van der Waals surface area contributed by atoms with Crippen LogP contribution in [-0.2, 0) is 11.2 Å². The van der Waals surface area contributed by atoms with Gasteiger partial charge in [0.05, 0.1) is 18.9 Å². The topological polar surface area (TPSA) is 24.8 Å². The normalized spacial score (nSPS) is 14.6. The van der Waals surface area contributed by atoms with E-state index in [2.05, 4.69) is 71.6 Å². The molecule has 0 atom stereocenters. The van der Waals surface area contributed by atoms with Gasteiger partial charge in [-0.1, -0.05) is 60.7 Å². The largest absolute Gasteiger partial charge is 0.378 e. The molecule has 4 rings (SSSR count). The minimum Gasteiger partial charge on any atom is -0.378 e. The first-order chi connectivity index (χ1) is 13.4. The zero-order valence-electron chi connectivity index (χ0n) is 15.4. The number of ether oxygens (including phenoxy) is 1. The van der Waals surface area contributed by atoms with Crippen LogP contribution in [0.15, 0.2) is 83.9 Å². The Balaban J connectivity index is 1.48. The van der Waals surface area contributed by atoms with E-state index < -0.39 is 0 Å². The van der Waals surface area contributed by atoms with Crippen molar-refractivity contribution in [2.24, 2.45) is 4.99 Å². The number of benzene rings is 3. The highest BCUT2D eigenvalue weighted by Gasteiger charge is 2.10. The monoisotopic (exact) mass is 356 g/mol. The fraction of sp³-hybridized carbons (Fsp3) is 0.208. The molecule has 0 N–H and O–H groups in total. The van der Waals surface area contributed by atoms with Crippen molar-refractivity contribution in [2.75, 3.05) is 31.2 Å². The molecule has 0 radical (unpaired) electrons. The Morgan fingerprint density at radius 3 is 2.30 bits per heavy atom. The second kappa shape index (κ2) is 8.65. The SMILES string of the molecule is C(=Nc1ccccc1Cc1ccccc1)c1ccc(N2CCOCC2)cc1. The molecule has 1 heterocycles. The summed E-state index contributed by atoms with van der Waals surface area (Å²) in [7, 11) is 0. The van der Waals surface area contributed by atoms with Crippen LogP contribution in [-0.4, -0.2) is 32.5 Å². The summed E-state index contributed by atoms with van der Waals surface area (Å²) in [5, 5.41) is 0. The summed E-state index contributed by atoms with van der Waals surface area (Å²) in [5.74, 6) is 0. The molecule has 0 saturated carbocycles. The maximum atomic E-state index is 5.42. The molecule has 1 aliphatic rings. The Kier molecular flexibility index (Phi) is 5.61. The van der Waals surface area contributed by atoms with Crippen molar-refractivity contribution in [2.45, 2.75) is 6.42 Å². The number of hydrogen-bond donors (Lipinski definition) is 0. The molecular formula is C24H24N2O. The maximum Gasteiger partial charge on any atom is 0.0665 e. The summed E-state index contributed by atoms with van der Waals surface area (Å²) in [6.07, 6.45) is 2.84. The second-order valence-corrected chi connectivity index (χ2v) is 6.74. The first kappa shape index (κ1) is 17.5. The molecule has 136 valence electrons. The number of rotatable bonds is 5. The third kappa shape index (κ3) is 4.63. The average molecular weight is 356 g/mol. The van der Waals surface area contributed by atoms with Gasteiger partial charge in [0.2, 0.25) is 0 Å². The Morgan fingerprint density at radius 1 is 0.815 bits per heavy atom. The van der Waals surface area contributed by atoms with Crippen LogP contribution in [0.25, 0.3) is 0 Å². The molecule has 0 bridgehead atoms. The van der Waals surface area contributed by atoms with E-state index in [1.165, 1.54) is 16.8 Å². The molecule has 27 heavy (non-hydrogen) atoms. The van der Waals surface area contributed by atoms with Gasteiger partial charge in [0.1, 0.15) is 0 Å². The minimum atomic E-state index is 0.807. The number of hydrogen-bond acceptors (Lipinski definition) is 3. The molecule has 0 spiro atoms. The Hall–Kier alpha value is -2.91. The highest BCUT2D eigenvalue weighted by atomic mass is 16.5. The zero-order valence-corrected chi connectivity index (χ0v) is 15.4. The lowest BCUT2D eigenvalue weighted by Crippen LogP contribution is -2.36. The first-order valence-electron chi connectivity index (χ1n) is 9.47. The predicted molar refractivity (Wildman–Crippen MR) is 112 cm³/mol. The first-order valence-corrected chi connectivity index (χ1v) is 9.47. The average Bonchev–Trinajstić information content (AvgIpc) is 2.75. The van der Waals surface area contributed by atoms with Gasteiger partial charge < -0.3 is 9.64 Å².